The number of amides is 2. The van der Waals surface area contributed by atoms with E-state index in [0.717, 1.165) is 28.2 Å². The van der Waals surface area contributed by atoms with Gasteiger partial charge in [-0.2, -0.15) is 0 Å². The molecule has 2 amide bonds. The molecule has 0 saturated carbocycles. The average Bonchev–Trinajstić information content (AvgIpc) is 2.75. The minimum atomic E-state index is -0.582. The van der Waals surface area contributed by atoms with Gasteiger partial charge < -0.3 is 19.7 Å². The molecule has 0 aromatic heterocycles. The van der Waals surface area contributed by atoms with Crippen molar-refractivity contribution >= 4 is 11.8 Å². The third-order valence-corrected chi connectivity index (χ3v) is 5.50. The van der Waals surface area contributed by atoms with Crippen LogP contribution in [0.5, 0.6) is 11.5 Å². The molecule has 1 N–H and O–H groups in total. The van der Waals surface area contributed by atoms with Crippen molar-refractivity contribution in [2.45, 2.75) is 65.6 Å². The molecule has 1 heterocycles. The maximum Gasteiger partial charge on any atom is 0.242 e. The molecule has 0 bridgehead atoms. The number of carbonyl (C=O) groups is 2. The van der Waals surface area contributed by atoms with Gasteiger partial charge in [-0.1, -0.05) is 30.3 Å². The number of nitrogens with one attached hydrogen (secondary N) is 1. The van der Waals surface area contributed by atoms with Crippen LogP contribution < -0.4 is 14.8 Å². The van der Waals surface area contributed by atoms with Gasteiger partial charge in [0.15, 0.2) is 11.5 Å². The summed E-state index contributed by atoms with van der Waals surface area (Å²) < 4.78 is 11.2. The molecule has 172 valence electrons. The Balaban J connectivity index is 1.74. The van der Waals surface area contributed by atoms with E-state index in [9.17, 15) is 9.59 Å². The van der Waals surface area contributed by atoms with Crippen LogP contribution >= 0.6 is 0 Å². The van der Waals surface area contributed by atoms with E-state index in [2.05, 4.69) is 5.32 Å². The average molecular weight is 439 g/mol. The van der Waals surface area contributed by atoms with Gasteiger partial charge in [-0.25, -0.2) is 0 Å². The van der Waals surface area contributed by atoms with Crippen molar-refractivity contribution in [1.29, 1.82) is 0 Å². The van der Waals surface area contributed by atoms with Crippen molar-refractivity contribution in [2.75, 3.05) is 13.2 Å². The molecule has 0 radical (unpaired) electrons. The van der Waals surface area contributed by atoms with E-state index in [-0.39, 0.29) is 17.4 Å². The molecule has 1 atom stereocenters. The Morgan fingerprint density at radius 2 is 1.75 bits per heavy atom. The largest absolute Gasteiger partial charge is 0.486 e. The van der Waals surface area contributed by atoms with Gasteiger partial charge in [0.05, 0.1) is 0 Å². The maximum absolute atomic E-state index is 13.3. The van der Waals surface area contributed by atoms with Gasteiger partial charge in [-0.3, -0.25) is 9.59 Å². The number of fused-ring (bicyclic) bond motifs is 1. The fraction of sp³-hybridized carbons (Fsp3) is 0.462. The number of aryl methyl sites for hydroxylation is 2. The fourth-order valence-corrected chi connectivity index (χ4v) is 3.67. The van der Waals surface area contributed by atoms with Crippen LogP contribution in [0, 0.1) is 6.92 Å². The summed E-state index contributed by atoms with van der Waals surface area (Å²) in [6, 6.07) is 13.2. The summed E-state index contributed by atoms with van der Waals surface area (Å²) in [4.78, 5) is 27.9. The minimum absolute atomic E-state index is 0.0558. The number of hydrogen-bond acceptors (Lipinski definition) is 4. The summed E-state index contributed by atoms with van der Waals surface area (Å²) in [6.45, 7) is 11.1. The quantitative estimate of drug-likeness (QED) is 0.709. The molecule has 1 aliphatic rings. The molecule has 6 heteroatoms. The van der Waals surface area contributed by atoms with Crippen molar-refractivity contribution < 1.29 is 19.1 Å². The van der Waals surface area contributed by atoms with Gasteiger partial charge in [-0.05, 0) is 69.9 Å². The molecule has 0 unspecified atom stereocenters. The lowest BCUT2D eigenvalue weighted by molar-refractivity contribution is -0.141. The molecular weight excluding hydrogens is 404 g/mol. The molecule has 0 saturated heterocycles. The number of hydrogen-bond donors (Lipinski definition) is 1. The van der Waals surface area contributed by atoms with E-state index in [1.165, 1.54) is 0 Å². The first kappa shape index (κ1) is 23.6. The Labute approximate surface area is 190 Å². The monoisotopic (exact) mass is 438 g/mol. The highest BCUT2D eigenvalue weighted by molar-refractivity contribution is 5.87. The Morgan fingerprint density at radius 3 is 2.44 bits per heavy atom. The van der Waals surface area contributed by atoms with Gasteiger partial charge in [0, 0.05) is 18.5 Å². The lowest BCUT2D eigenvalue weighted by atomic mass is 10.0. The SMILES string of the molecule is Cc1ccccc1CN(C(=O)CCc1ccc2c(c1)OCCO2)[C@H](C)C(=O)NC(C)(C)C. The second kappa shape index (κ2) is 10.1. The molecule has 2 aromatic rings. The maximum atomic E-state index is 13.3. The van der Waals surface area contributed by atoms with E-state index in [1.807, 2.05) is 70.2 Å². The zero-order valence-corrected chi connectivity index (χ0v) is 19.7. The topological polar surface area (TPSA) is 67.9 Å². The Kier molecular flexibility index (Phi) is 7.44. The van der Waals surface area contributed by atoms with E-state index >= 15 is 0 Å². The van der Waals surface area contributed by atoms with Crippen LogP contribution in [0.2, 0.25) is 0 Å². The fourth-order valence-electron chi connectivity index (χ4n) is 3.67. The van der Waals surface area contributed by atoms with Crippen LogP contribution in [0.4, 0.5) is 0 Å². The van der Waals surface area contributed by atoms with Gasteiger partial charge in [0.25, 0.3) is 0 Å². The van der Waals surface area contributed by atoms with E-state index < -0.39 is 6.04 Å². The summed E-state index contributed by atoms with van der Waals surface area (Å²) in [6.07, 6.45) is 0.867. The van der Waals surface area contributed by atoms with Crippen molar-refractivity contribution in [3.63, 3.8) is 0 Å². The molecular formula is C26H34N2O4. The Hall–Kier alpha value is -3.02. The first-order valence-corrected chi connectivity index (χ1v) is 11.2. The first-order valence-electron chi connectivity index (χ1n) is 11.2. The van der Waals surface area contributed by atoms with Crippen LogP contribution in [0.25, 0.3) is 0 Å². The minimum Gasteiger partial charge on any atom is -0.486 e. The molecule has 32 heavy (non-hydrogen) atoms. The molecule has 6 nitrogen and oxygen atoms in total. The van der Waals surface area contributed by atoms with E-state index in [1.54, 1.807) is 11.8 Å². The predicted molar refractivity (Wildman–Crippen MR) is 125 cm³/mol. The van der Waals surface area contributed by atoms with Gasteiger partial charge in [0.2, 0.25) is 11.8 Å². The summed E-state index contributed by atoms with van der Waals surface area (Å²) in [5.74, 6) is 1.24. The van der Waals surface area contributed by atoms with E-state index in [4.69, 9.17) is 9.47 Å². The highest BCUT2D eigenvalue weighted by Crippen LogP contribution is 2.31. The van der Waals surface area contributed by atoms with Crippen molar-refractivity contribution in [1.82, 2.24) is 10.2 Å². The van der Waals surface area contributed by atoms with Crippen LogP contribution in [0.1, 0.15) is 50.8 Å². The summed E-state index contributed by atoms with van der Waals surface area (Å²) in [5.41, 5.74) is 2.77. The van der Waals surface area contributed by atoms with Crippen LogP contribution in [-0.2, 0) is 22.6 Å². The molecule has 2 aromatic carbocycles. The highest BCUT2D eigenvalue weighted by Gasteiger charge is 2.28. The molecule has 0 spiro atoms. The van der Waals surface area contributed by atoms with Gasteiger partial charge in [0.1, 0.15) is 19.3 Å². The normalized spacial score (nSPS) is 13.9. The van der Waals surface area contributed by atoms with Crippen molar-refractivity contribution in [2.24, 2.45) is 0 Å². The molecule has 0 fully saturated rings. The third kappa shape index (κ3) is 6.25. The van der Waals surface area contributed by atoms with Crippen LogP contribution in [0.3, 0.4) is 0 Å². The Bertz CT molecular complexity index is 965. The first-order chi connectivity index (χ1) is 15.1. The van der Waals surface area contributed by atoms with Crippen LogP contribution in [-0.4, -0.2) is 41.5 Å². The number of ether oxygens (including phenoxy) is 2. The highest BCUT2D eigenvalue weighted by atomic mass is 16.6. The zero-order valence-electron chi connectivity index (χ0n) is 19.7. The summed E-state index contributed by atoms with van der Waals surface area (Å²) >= 11 is 0. The summed E-state index contributed by atoms with van der Waals surface area (Å²) in [5, 5.41) is 3.00. The third-order valence-electron chi connectivity index (χ3n) is 5.50. The Morgan fingerprint density at radius 1 is 1.06 bits per heavy atom. The predicted octanol–water partition coefficient (Wildman–Crippen LogP) is 4.03. The standard InChI is InChI=1S/C26H34N2O4/c1-18-8-6-7-9-21(18)17-28(19(2)25(30)27-26(3,4)5)24(29)13-11-20-10-12-22-23(16-20)32-15-14-31-22/h6-10,12,16,19H,11,13-15,17H2,1-5H3,(H,27,30)/t19-/m1/s1. The number of benzene rings is 2. The lowest BCUT2D eigenvalue weighted by Crippen LogP contribution is -2.52. The van der Waals surface area contributed by atoms with Gasteiger partial charge in [-0.15, -0.1) is 0 Å². The van der Waals surface area contributed by atoms with Crippen molar-refractivity contribution in [3.05, 3.63) is 59.2 Å². The van der Waals surface area contributed by atoms with Gasteiger partial charge >= 0.3 is 0 Å². The van der Waals surface area contributed by atoms with Crippen molar-refractivity contribution in [3.8, 4) is 11.5 Å². The second-order valence-electron chi connectivity index (χ2n) is 9.34. The number of rotatable bonds is 7. The summed E-state index contributed by atoms with van der Waals surface area (Å²) in [7, 11) is 0. The van der Waals surface area contributed by atoms with E-state index in [0.29, 0.717) is 32.6 Å². The second-order valence-corrected chi connectivity index (χ2v) is 9.34. The molecule has 3 rings (SSSR count). The lowest BCUT2D eigenvalue weighted by Gasteiger charge is -2.32. The zero-order chi connectivity index (χ0) is 23.3. The number of carbonyl (C=O) groups excluding carboxylic acids is 2. The molecule has 0 aliphatic carbocycles. The van der Waals surface area contributed by atoms with Crippen LogP contribution in [0.15, 0.2) is 42.5 Å². The number of nitrogens with zero attached hydrogens (tertiary/aromatic N) is 1. The molecule has 1 aliphatic heterocycles. The smallest absolute Gasteiger partial charge is 0.242 e.